The zero-order valence-corrected chi connectivity index (χ0v) is 15.3. The zero-order valence-electron chi connectivity index (χ0n) is 13.7. The van der Waals surface area contributed by atoms with Gasteiger partial charge in [-0.15, -0.1) is 0 Å². The highest BCUT2D eigenvalue weighted by molar-refractivity contribution is 9.10. The Morgan fingerprint density at radius 1 is 1.24 bits per heavy atom. The summed E-state index contributed by atoms with van der Waals surface area (Å²) in [5.41, 5.74) is 2.72. The summed E-state index contributed by atoms with van der Waals surface area (Å²) in [4.78, 5) is 23.3. The Morgan fingerprint density at radius 3 is 2.72 bits per heavy atom. The van der Waals surface area contributed by atoms with Gasteiger partial charge in [-0.3, -0.25) is 4.79 Å². The van der Waals surface area contributed by atoms with Crippen LogP contribution in [0.4, 0.5) is 0 Å². The van der Waals surface area contributed by atoms with Crippen LogP contribution >= 0.6 is 15.9 Å². The van der Waals surface area contributed by atoms with Gasteiger partial charge in [-0.1, -0.05) is 28.1 Å². The lowest BCUT2D eigenvalue weighted by Gasteiger charge is -2.05. The van der Waals surface area contributed by atoms with Crippen molar-refractivity contribution in [2.45, 2.75) is 13.5 Å². The van der Waals surface area contributed by atoms with Gasteiger partial charge in [0.25, 0.3) is 0 Å². The van der Waals surface area contributed by atoms with E-state index in [0.717, 1.165) is 21.2 Å². The van der Waals surface area contributed by atoms with E-state index >= 15 is 0 Å². The molecule has 0 bridgehead atoms. The quantitative estimate of drug-likeness (QED) is 0.681. The van der Waals surface area contributed by atoms with E-state index < -0.39 is 5.97 Å². The van der Waals surface area contributed by atoms with Crippen LogP contribution in [0.25, 0.3) is 16.6 Å². The molecule has 1 N–H and O–H groups in total. The maximum absolute atomic E-state index is 12.1. The average molecular weight is 402 g/mol. The van der Waals surface area contributed by atoms with Gasteiger partial charge in [-0.2, -0.15) is 5.10 Å². The molecule has 0 aliphatic rings. The highest BCUT2D eigenvalue weighted by Crippen LogP contribution is 2.25. The molecule has 3 aromatic rings. The van der Waals surface area contributed by atoms with Crippen LogP contribution in [0.15, 0.2) is 46.9 Å². The highest BCUT2D eigenvalue weighted by atomic mass is 79.9. The summed E-state index contributed by atoms with van der Waals surface area (Å²) in [5.74, 6) is -0.617. The smallest absolute Gasteiger partial charge is 0.359 e. The van der Waals surface area contributed by atoms with Gasteiger partial charge in [-0.25, -0.2) is 9.48 Å². The number of nitrogens with one attached hydrogen (secondary N) is 1. The summed E-state index contributed by atoms with van der Waals surface area (Å²) < 4.78 is 7.48. The van der Waals surface area contributed by atoms with Gasteiger partial charge in [0.2, 0.25) is 5.91 Å². The third-order valence-electron chi connectivity index (χ3n) is 3.72. The number of ether oxygens (including phenoxy) is 1. The summed E-state index contributed by atoms with van der Waals surface area (Å²) >= 11 is 3.45. The van der Waals surface area contributed by atoms with Crippen LogP contribution in [0, 0.1) is 0 Å². The van der Waals surface area contributed by atoms with E-state index in [1.165, 1.54) is 14.0 Å². The Hall–Kier alpha value is -2.67. The SMILES string of the molecule is COC(=O)c1nn(-c2cccc(Br)c2)c2ccc(CNC(C)=O)cc12. The standard InChI is InChI=1S/C18H16BrN3O3/c1-11(23)20-10-12-6-7-16-15(8-12)17(18(24)25-2)21-22(16)14-5-3-4-13(19)9-14/h3-9H,10H2,1-2H3,(H,20,23). The first-order valence-corrected chi connectivity index (χ1v) is 8.39. The van der Waals surface area contributed by atoms with Crippen molar-refractivity contribution in [3.63, 3.8) is 0 Å². The Labute approximate surface area is 152 Å². The number of esters is 1. The number of hydrogen-bond donors (Lipinski definition) is 1. The number of halogens is 1. The van der Waals surface area contributed by atoms with Crippen molar-refractivity contribution >= 4 is 38.7 Å². The van der Waals surface area contributed by atoms with Crippen molar-refractivity contribution in [3.8, 4) is 5.69 Å². The summed E-state index contributed by atoms with van der Waals surface area (Å²) in [6.07, 6.45) is 0. The van der Waals surface area contributed by atoms with E-state index in [4.69, 9.17) is 4.74 Å². The van der Waals surface area contributed by atoms with Crippen LogP contribution in [0.5, 0.6) is 0 Å². The van der Waals surface area contributed by atoms with Gasteiger partial charge in [0.05, 0.1) is 18.3 Å². The van der Waals surface area contributed by atoms with Crippen LogP contribution in [-0.4, -0.2) is 28.8 Å². The first-order valence-electron chi connectivity index (χ1n) is 7.60. The predicted molar refractivity (Wildman–Crippen MR) is 97.6 cm³/mol. The third-order valence-corrected chi connectivity index (χ3v) is 4.21. The lowest BCUT2D eigenvalue weighted by Crippen LogP contribution is -2.18. The minimum atomic E-state index is -0.504. The molecule has 3 rings (SSSR count). The molecule has 2 aromatic carbocycles. The molecule has 1 heterocycles. The largest absolute Gasteiger partial charge is 0.464 e. The number of benzene rings is 2. The molecule has 0 atom stereocenters. The summed E-state index contributed by atoms with van der Waals surface area (Å²) in [5, 5.41) is 7.86. The van der Waals surface area contributed by atoms with E-state index in [2.05, 4.69) is 26.3 Å². The molecule has 0 aliphatic carbocycles. The van der Waals surface area contributed by atoms with Crippen LogP contribution in [-0.2, 0) is 16.1 Å². The molecule has 0 spiro atoms. The number of hydrogen-bond acceptors (Lipinski definition) is 4. The maximum atomic E-state index is 12.1. The molecule has 1 amide bonds. The molecule has 0 saturated heterocycles. The van der Waals surface area contributed by atoms with E-state index in [0.29, 0.717) is 11.9 Å². The van der Waals surface area contributed by atoms with Gasteiger partial charge in [0.15, 0.2) is 5.69 Å². The maximum Gasteiger partial charge on any atom is 0.359 e. The first-order chi connectivity index (χ1) is 12.0. The summed E-state index contributed by atoms with van der Waals surface area (Å²) in [6, 6.07) is 13.3. The van der Waals surface area contributed by atoms with E-state index in [1.807, 2.05) is 42.5 Å². The summed E-state index contributed by atoms with van der Waals surface area (Å²) in [7, 11) is 1.33. The van der Waals surface area contributed by atoms with Gasteiger partial charge >= 0.3 is 5.97 Å². The molecule has 7 heteroatoms. The van der Waals surface area contributed by atoms with Gasteiger partial charge in [0, 0.05) is 23.3 Å². The van der Waals surface area contributed by atoms with Crippen molar-refractivity contribution in [2.24, 2.45) is 0 Å². The molecule has 0 fully saturated rings. The van der Waals surface area contributed by atoms with E-state index in [1.54, 1.807) is 4.68 Å². The molecule has 6 nitrogen and oxygen atoms in total. The third kappa shape index (κ3) is 3.56. The minimum Gasteiger partial charge on any atom is -0.464 e. The van der Waals surface area contributed by atoms with Gasteiger partial charge < -0.3 is 10.1 Å². The van der Waals surface area contributed by atoms with Crippen molar-refractivity contribution in [1.82, 2.24) is 15.1 Å². The Balaban J connectivity index is 2.15. The lowest BCUT2D eigenvalue weighted by atomic mass is 10.1. The number of methoxy groups -OCH3 is 1. The number of amides is 1. The number of carbonyl (C=O) groups excluding carboxylic acids is 2. The zero-order chi connectivity index (χ0) is 18.0. The molecule has 25 heavy (non-hydrogen) atoms. The molecular formula is C18H16BrN3O3. The summed E-state index contributed by atoms with van der Waals surface area (Å²) in [6.45, 7) is 1.84. The normalized spacial score (nSPS) is 10.7. The molecule has 128 valence electrons. The Bertz CT molecular complexity index is 965. The van der Waals surface area contributed by atoms with Crippen LogP contribution < -0.4 is 5.32 Å². The fourth-order valence-electron chi connectivity index (χ4n) is 2.55. The van der Waals surface area contributed by atoms with Crippen molar-refractivity contribution in [3.05, 3.63) is 58.2 Å². The van der Waals surface area contributed by atoms with Crippen LogP contribution in [0.3, 0.4) is 0 Å². The second-order valence-corrected chi connectivity index (χ2v) is 6.41. The Morgan fingerprint density at radius 2 is 2.04 bits per heavy atom. The topological polar surface area (TPSA) is 73.2 Å². The number of rotatable bonds is 4. The first kappa shape index (κ1) is 17.2. The average Bonchev–Trinajstić information content (AvgIpc) is 2.98. The van der Waals surface area contributed by atoms with Gasteiger partial charge in [0.1, 0.15) is 0 Å². The minimum absolute atomic E-state index is 0.113. The molecule has 1 aromatic heterocycles. The highest BCUT2D eigenvalue weighted by Gasteiger charge is 2.19. The van der Waals surface area contributed by atoms with E-state index in [9.17, 15) is 9.59 Å². The van der Waals surface area contributed by atoms with Crippen LogP contribution in [0.2, 0.25) is 0 Å². The number of aromatic nitrogens is 2. The fourth-order valence-corrected chi connectivity index (χ4v) is 2.94. The number of carbonyl (C=O) groups is 2. The predicted octanol–water partition coefficient (Wildman–Crippen LogP) is 3.21. The molecule has 0 unspecified atom stereocenters. The van der Waals surface area contributed by atoms with Crippen molar-refractivity contribution in [1.29, 1.82) is 0 Å². The van der Waals surface area contributed by atoms with E-state index in [-0.39, 0.29) is 11.6 Å². The Kier molecular flexibility index (Phi) is 4.85. The molecule has 0 radical (unpaired) electrons. The fraction of sp³-hybridized carbons (Fsp3) is 0.167. The number of nitrogens with zero attached hydrogens (tertiary/aromatic N) is 2. The van der Waals surface area contributed by atoms with Crippen molar-refractivity contribution in [2.75, 3.05) is 7.11 Å². The van der Waals surface area contributed by atoms with Crippen LogP contribution in [0.1, 0.15) is 23.0 Å². The van der Waals surface area contributed by atoms with Gasteiger partial charge in [-0.05, 0) is 35.9 Å². The monoisotopic (exact) mass is 401 g/mol. The van der Waals surface area contributed by atoms with Crippen molar-refractivity contribution < 1.29 is 14.3 Å². The molecule has 0 aliphatic heterocycles. The molecular weight excluding hydrogens is 386 g/mol. The lowest BCUT2D eigenvalue weighted by molar-refractivity contribution is -0.119. The second-order valence-electron chi connectivity index (χ2n) is 5.49. The second kappa shape index (κ2) is 7.06. The molecule has 0 saturated carbocycles. The number of fused-ring (bicyclic) bond motifs is 1.